The van der Waals surface area contributed by atoms with Crippen LogP contribution in [0.15, 0.2) is 60.9 Å². The number of aromatic nitrogens is 2. The summed E-state index contributed by atoms with van der Waals surface area (Å²) in [5, 5.41) is 7.17. The van der Waals surface area contributed by atoms with Crippen LogP contribution in [0.1, 0.15) is 11.1 Å². The summed E-state index contributed by atoms with van der Waals surface area (Å²) in [5.74, 6) is 1.34. The minimum absolute atomic E-state index is 0.0466. The van der Waals surface area contributed by atoms with E-state index in [-0.39, 0.29) is 12.3 Å². The van der Waals surface area contributed by atoms with Crippen LogP contribution in [-0.4, -0.2) is 36.5 Å². The van der Waals surface area contributed by atoms with Gasteiger partial charge in [0.2, 0.25) is 5.91 Å². The van der Waals surface area contributed by atoms with Gasteiger partial charge in [0.05, 0.1) is 26.3 Å². The summed E-state index contributed by atoms with van der Waals surface area (Å²) in [6.45, 7) is 0.576. The summed E-state index contributed by atoms with van der Waals surface area (Å²) < 4.78 is 12.3. The molecule has 0 atom stereocenters. The van der Waals surface area contributed by atoms with Crippen molar-refractivity contribution in [2.45, 2.75) is 12.8 Å². The Morgan fingerprint density at radius 2 is 1.93 bits per heavy atom. The molecule has 140 valence electrons. The number of hydrogen-bond donors (Lipinski definition) is 1. The van der Waals surface area contributed by atoms with Gasteiger partial charge in [-0.1, -0.05) is 12.1 Å². The monoisotopic (exact) mass is 365 g/mol. The molecule has 0 aliphatic heterocycles. The maximum absolute atomic E-state index is 12.3. The van der Waals surface area contributed by atoms with Crippen molar-refractivity contribution in [1.29, 1.82) is 0 Å². The van der Waals surface area contributed by atoms with Gasteiger partial charge in [0.15, 0.2) is 0 Å². The highest BCUT2D eigenvalue weighted by molar-refractivity contribution is 5.79. The Morgan fingerprint density at radius 3 is 2.59 bits per heavy atom. The SMILES string of the molecule is COc1ccc(OC)c(CC(=O)NCCc2ccc(-n3cccn3)cc2)c1. The second kappa shape index (κ2) is 8.89. The molecular formula is C21H23N3O3. The van der Waals surface area contributed by atoms with Crippen LogP contribution in [0.3, 0.4) is 0 Å². The Kier molecular flexibility index (Phi) is 6.10. The third kappa shape index (κ3) is 4.88. The van der Waals surface area contributed by atoms with Crippen molar-refractivity contribution >= 4 is 5.91 Å². The van der Waals surface area contributed by atoms with Crippen LogP contribution in [0.25, 0.3) is 5.69 Å². The van der Waals surface area contributed by atoms with Crippen molar-refractivity contribution in [3.8, 4) is 17.2 Å². The van der Waals surface area contributed by atoms with Crippen LogP contribution in [0.2, 0.25) is 0 Å². The van der Waals surface area contributed by atoms with Crippen LogP contribution < -0.4 is 14.8 Å². The van der Waals surface area contributed by atoms with E-state index < -0.39 is 0 Å². The quantitative estimate of drug-likeness (QED) is 0.667. The average Bonchev–Trinajstić information content (AvgIpc) is 3.23. The van der Waals surface area contributed by atoms with Gasteiger partial charge in [-0.15, -0.1) is 0 Å². The molecule has 0 fully saturated rings. The van der Waals surface area contributed by atoms with Crippen molar-refractivity contribution in [3.63, 3.8) is 0 Å². The summed E-state index contributed by atoms with van der Waals surface area (Å²) >= 11 is 0. The number of amides is 1. The summed E-state index contributed by atoms with van der Waals surface area (Å²) in [6.07, 6.45) is 4.67. The zero-order valence-electron chi connectivity index (χ0n) is 15.5. The van der Waals surface area contributed by atoms with Crippen molar-refractivity contribution < 1.29 is 14.3 Å². The molecule has 1 heterocycles. The van der Waals surface area contributed by atoms with Crippen LogP contribution >= 0.6 is 0 Å². The van der Waals surface area contributed by atoms with Crippen LogP contribution in [0.4, 0.5) is 0 Å². The van der Waals surface area contributed by atoms with Crippen LogP contribution in [-0.2, 0) is 17.6 Å². The Balaban J connectivity index is 1.51. The third-order valence-corrected chi connectivity index (χ3v) is 4.28. The normalized spacial score (nSPS) is 10.4. The molecule has 0 spiro atoms. The molecule has 6 heteroatoms. The Morgan fingerprint density at radius 1 is 1.11 bits per heavy atom. The first kappa shape index (κ1) is 18.5. The number of hydrogen-bond acceptors (Lipinski definition) is 4. The number of carbonyl (C=O) groups excluding carboxylic acids is 1. The smallest absolute Gasteiger partial charge is 0.224 e. The van der Waals surface area contributed by atoms with E-state index in [1.165, 1.54) is 0 Å². The minimum atomic E-state index is -0.0466. The third-order valence-electron chi connectivity index (χ3n) is 4.28. The van der Waals surface area contributed by atoms with Crippen molar-refractivity contribution in [1.82, 2.24) is 15.1 Å². The molecule has 3 aromatic rings. The van der Waals surface area contributed by atoms with E-state index in [0.717, 1.165) is 23.2 Å². The van der Waals surface area contributed by atoms with Crippen molar-refractivity contribution in [3.05, 3.63) is 72.1 Å². The molecule has 27 heavy (non-hydrogen) atoms. The number of benzene rings is 2. The van der Waals surface area contributed by atoms with Gasteiger partial charge in [-0.25, -0.2) is 4.68 Å². The maximum atomic E-state index is 12.3. The number of nitrogens with one attached hydrogen (secondary N) is 1. The lowest BCUT2D eigenvalue weighted by atomic mass is 10.1. The fourth-order valence-electron chi connectivity index (χ4n) is 2.84. The highest BCUT2D eigenvalue weighted by Gasteiger charge is 2.10. The van der Waals surface area contributed by atoms with Gasteiger partial charge in [-0.2, -0.15) is 5.10 Å². The first-order valence-corrected chi connectivity index (χ1v) is 8.76. The molecule has 1 N–H and O–H groups in total. The lowest BCUT2D eigenvalue weighted by Crippen LogP contribution is -2.27. The number of nitrogens with zero attached hydrogens (tertiary/aromatic N) is 2. The second-order valence-electron chi connectivity index (χ2n) is 6.07. The molecule has 3 rings (SSSR count). The van der Waals surface area contributed by atoms with Gasteiger partial charge >= 0.3 is 0 Å². The number of methoxy groups -OCH3 is 2. The highest BCUT2D eigenvalue weighted by atomic mass is 16.5. The molecule has 0 saturated carbocycles. The Labute approximate surface area is 158 Å². The second-order valence-corrected chi connectivity index (χ2v) is 6.07. The van der Waals surface area contributed by atoms with E-state index in [4.69, 9.17) is 9.47 Å². The molecule has 2 aromatic carbocycles. The first-order valence-electron chi connectivity index (χ1n) is 8.76. The van der Waals surface area contributed by atoms with E-state index in [9.17, 15) is 4.79 Å². The van der Waals surface area contributed by atoms with Crippen molar-refractivity contribution in [2.75, 3.05) is 20.8 Å². The Hall–Kier alpha value is -3.28. The Bertz CT molecular complexity index is 874. The zero-order valence-corrected chi connectivity index (χ0v) is 15.5. The molecule has 6 nitrogen and oxygen atoms in total. The predicted molar refractivity (Wildman–Crippen MR) is 104 cm³/mol. The van der Waals surface area contributed by atoms with E-state index >= 15 is 0 Å². The van der Waals surface area contributed by atoms with E-state index in [1.54, 1.807) is 20.4 Å². The summed E-state index contributed by atoms with van der Waals surface area (Å²) in [5.41, 5.74) is 2.97. The molecule has 0 saturated heterocycles. The van der Waals surface area contributed by atoms with Gasteiger partial charge in [0, 0.05) is 24.5 Å². The molecule has 1 aromatic heterocycles. The standard InChI is InChI=1S/C21H23N3O3/c1-26-19-8-9-20(27-2)17(14-19)15-21(25)22-12-10-16-4-6-18(7-5-16)24-13-3-11-23-24/h3-9,11,13-14H,10,12,15H2,1-2H3,(H,22,25). The van der Waals surface area contributed by atoms with E-state index in [2.05, 4.69) is 10.4 Å². The topological polar surface area (TPSA) is 65.4 Å². The van der Waals surface area contributed by atoms with Gasteiger partial charge in [-0.05, 0) is 48.4 Å². The largest absolute Gasteiger partial charge is 0.497 e. The van der Waals surface area contributed by atoms with Crippen LogP contribution in [0.5, 0.6) is 11.5 Å². The van der Waals surface area contributed by atoms with E-state index in [0.29, 0.717) is 18.0 Å². The minimum Gasteiger partial charge on any atom is -0.497 e. The molecule has 0 radical (unpaired) electrons. The van der Waals surface area contributed by atoms with Gasteiger partial charge in [0.1, 0.15) is 11.5 Å². The average molecular weight is 365 g/mol. The fraction of sp³-hybridized carbons (Fsp3) is 0.238. The molecular weight excluding hydrogens is 342 g/mol. The fourth-order valence-corrected chi connectivity index (χ4v) is 2.84. The molecule has 1 amide bonds. The lowest BCUT2D eigenvalue weighted by Gasteiger charge is -2.11. The zero-order chi connectivity index (χ0) is 19.1. The predicted octanol–water partition coefficient (Wildman–Crippen LogP) is 2.79. The summed E-state index contributed by atoms with van der Waals surface area (Å²) in [6, 6.07) is 15.5. The van der Waals surface area contributed by atoms with Crippen molar-refractivity contribution in [2.24, 2.45) is 0 Å². The number of carbonyl (C=O) groups is 1. The molecule has 0 aliphatic rings. The summed E-state index contributed by atoms with van der Waals surface area (Å²) in [7, 11) is 3.19. The van der Waals surface area contributed by atoms with Gasteiger partial charge in [-0.3, -0.25) is 4.79 Å². The maximum Gasteiger partial charge on any atom is 0.224 e. The number of rotatable bonds is 8. The summed E-state index contributed by atoms with van der Waals surface area (Å²) in [4.78, 5) is 12.3. The van der Waals surface area contributed by atoms with Gasteiger partial charge < -0.3 is 14.8 Å². The molecule has 0 aliphatic carbocycles. The lowest BCUT2D eigenvalue weighted by molar-refractivity contribution is -0.120. The van der Waals surface area contributed by atoms with Gasteiger partial charge in [0.25, 0.3) is 0 Å². The van der Waals surface area contributed by atoms with E-state index in [1.807, 2.05) is 59.4 Å². The molecule has 0 bridgehead atoms. The first-order chi connectivity index (χ1) is 13.2. The molecule has 0 unspecified atom stereocenters. The number of ether oxygens (including phenoxy) is 2. The van der Waals surface area contributed by atoms with Crippen LogP contribution in [0, 0.1) is 0 Å². The highest BCUT2D eigenvalue weighted by Crippen LogP contribution is 2.24.